The number of carbonyl (C=O) groups excluding carboxylic acids is 1. The minimum Gasteiger partial charge on any atom is -0.324 e. The van der Waals surface area contributed by atoms with E-state index in [1.807, 2.05) is 32.9 Å². The zero-order chi connectivity index (χ0) is 17.4. The largest absolute Gasteiger partial charge is 0.324 e. The van der Waals surface area contributed by atoms with Crippen LogP contribution in [0.2, 0.25) is 0 Å². The maximum Gasteiger partial charge on any atom is 0.267 e. The van der Waals surface area contributed by atoms with Gasteiger partial charge in [0.05, 0.1) is 5.69 Å². The summed E-state index contributed by atoms with van der Waals surface area (Å²) in [5.41, 5.74) is 5.76. The lowest BCUT2D eigenvalue weighted by Gasteiger charge is -2.18. The maximum absolute atomic E-state index is 12.6. The van der Waals surface area contributed by atoms with Gasteiger partial charge in [-0.05, 0) is 63.6 Å². The number of benzene rings is 1. The van der Waals surface area contributed by atoms with Gasteiger partial charge < -0.3 is 5.32 Å². The third-order valence-corrected chi connectivity index (χ3v) is 4.65. The first-order valence-corrected chi connectivity index (χ1v) is 8.37. The minimum absolute atomic E-state index is 0.212. The molecule has 0 saturated heterocycles. The van der Waals surface area contributed by atoms with Crippen molar-refractivity contribution in [1.82, 2.24) is 9.78 Å². The number of aromatic nitrogens is 2. The third-order valence-electron chi connectivity index (χ3n) is 4.65. The van der Waals surface area contributed by atoms with Crippen molar-refractivity contribution in [1.29, 1.82) is 0 Å². The van der Waals surface area contributed by atoms with Gasteiger partial charge in [0.1, 0.15) is 6.04 Å². The Morgan fingerprint density at radius 3 is 2.50 bits per heavy atom. The van der Waals surface area contributed by atoms with E-state index in [0.29, 0.717) is 0 Å². The van der Waals surface area contributed by atoms with Crippen molar-refractivity contribution >= 4 is 11.6 Å². The fraction of sp³-hybridized carbons (Fsp3) is 0.421. The van der Waals surface area contributed by atoms with E-state index in [4.69, 9.17) is 0 Å². The Balaban J connectivity index is 1.87. The van der Waals surface area contributed by atoms with Gasteiger partial charge >= 0.3 is 0 Å². The molecule has 1 aliphatic carbocycles. The Kier molecular flexibility index (Phi) is 4.26. The molecule has 1 aromatic carbocycles. The Labute approximate surface area is 141 Å². The molecule has 126 valence electrons. The van der Waals surface area contributed by atoms with Crippen molar-refractivity contribution < 1.29 is 4.79 Å². The number of hydrogen-bond acceptors (Lipinski definition) is 3. The molecule has 1 unspecified atom stereocenters. The highest BCUT2D eigenvalue weighted by atomic mass is 16.2. The van der Waals surface area contributed by atoms with E-state index in [9.17, 15) is 9.59 Å². The summed E-state index contributed by atoms with van der Waals surface area (Å²) in [6.45, 7) is 7.69. The van der Waals surface area contributed by atoms with Crippen molar-refractivity contribution in [3.63, 3.8) is 0 Å². The van der Waals surface area contributed by atoms with Crippen LogP contribution in [0.25, 0.3) is 0 Å². The lowest BCUT2D eigenvalue weighted by molar-refractivity contribution is -0.119. The van der Waals surface area contributed by atoms with Gasteiger partial charge in [0, 0.05) is 11.8 Å². The molecule has 0 fully saturated rings. The van der Waals surface area contributed by atoms with Gasteiger partial charge in [0.25, 0.3) is 5.56 Å². The van der Waals surface area contributed by atoms with Crippen molar-refractivity contribution in [2.75, 3.05) is 5.32 Å². The first kappa shape index (κ1) is 16.4. The summed E-state index contributed by atoms with van der Waals surface area (Å²) < 4.78 is 1.30. The predicted octanol–water partition coefficient (Wildman–Crippen LogP) is 2.86. The average molecular weight is 325 g/mol. The van der Waals surface area contributed by atoms with Crippen LogP contribution in [0.15, 0.2) is 23.0 Å². The van der Waals surface area contributed by atoms with E-state index < -0.39 is 6.04 Å². The Bertz CT molecular complexity index is 844. The summed E-state index contributed by atoms with van der Waals surface area (Å²) in [7, 11) is 0. The van der Waals surface area contributed by atoms with Gasteiger partial charge in [-0.1, -0.05) is 17.7 Å². The summed E-state index contributed by atoms with van der Waals surface area (Å²) in [6, 6.07) is 5.05. The van der Waals surface area contributed by atoms with Crippen LogP contribution in [0.5, 0.6) is 0 Å². The summed E-state index contributed by atoms with van der Waals surface area (Å²) >= 11 is 0. The molecule has 3 rings (SSSR count). The molecule has 0 radical (unpaired) electrons. The summed E-state index contributed by atoms with van der Waals surface area (Å²) in [5.74, 6) is -0.224. The molecule has 5 heteroatoms. The third kappa shape index (κ3) is 2.98. The van der Waals surface area contributed by atoms with Crippen LogP contribution in [0, 0.1) is 20.8 Å². The summed E-state index contributed by atoms with van der Waals surface area (Å²) in [6.07, 6.45) is 2.80. The lowest BCUT2D eigenvalue weighted by Crippen LogP contribution is -2.34. The first-order chi connectivity index (χ1) is 11.4. The Morgan fingerprint density at radius 2 is 1.83 bits per heavy atom. The number of aryl methyl sites for hydroxylation is 5. The molecule has 0 bridgehead atoms. The highest BCUT2D eigenvalue weighted by molar-refractivity contribution is 5.94. The fourth-order valence-electron chi connectivity index (χ4n) is 3.41. The van der Waals surface area contributed by atoms with Crippen LogP contribution in [0.4, 0.5) is 5.69 Å². The molecule has 0 spiro atoms. The number of amides is 1. The van der Waals surface area contributed by atoms with Crippen molar-refractivity contribution in [3.05, 3.63) is 56.5 Å². The molecule has 2 aromatic rings. The Hall–Kier alpha value is -2.43. The van der Waals surface area contributed by atoms with Crippen LogP contribution in [0.3, 0.4) is 0 Å². The molecule has 24 heavy (non-hydrogen) atoms. The van der Waals surface area contributed by atoms with Crippen LogP contribution in [-0.4, -0.2) is 15.7 Å². The first-order valence-electron chi connectivity index (χ1n) is 8.37. The highest BCUT2D eigenvalue weighted by Crippen LogP contribution is 2.23. The van der Waals surface area contributed by atoms with E-state index in [2.05, 4.69) is 10.4 Å². The van der Waals surface area contributed by atoms with Gasteiger partial charge in [-0.15, -0.1) is 0 Å². The number of hydrogen-bond donors (Lipinski definition) is 1. The average Bonchev–Trinajstić information content (AvgIpc) is 2.96. The highest BCUT2D eigenvalue weighted by Gasteiger charge is 2.22. The van der Waals surface area contributed by atoms with E-state index in [1.165, 1.54) is 4.68 Å². The molecule has 1 heterocycles. The molecule has 5 nitrogen and oxygen atoms in total. The number of nitrogens with one attached hydrogen (secondary N) is 1. The molecular weight excluding hydrogens is 302 g/mol. The van der Waals surface area contributed by atoms with E-state index in [-0.39, 0.29) is 11.5 Å². The number of fused-ring (bicyclic) bond motifs is 1. The SMILES string of the molecule is Cc1cc(C)c(NC(=O)C(C)n2nc3c(cc2=O)CCC3)c(C)c1. The van der Waals surface area contributed by atoms with Crippen LogP contribution in [-0.2, 0) is 17.6 Å². The van der Waals surface area contributed by atoms with Crippen molar-refractivity contribution in [2.24, 2.45) is 0 Å². The molecular formula is C19H23N3O2. The smallest absolute Gasteiger partial charge is 0.267 e. The lowest BCUT2D eigenvalue weighted by atomic mass is 10.0. The van der Waals surface area contributed by atoms with Crippen molar-refractivity contribution in [2.45, 2.75) is 53.0 Å². The normalized spacial score (nSPS) is 14.3. The summed E-state index contributed by atoms with van der Waals surface area (Å²) in [4.78, 5) is 24.9. The molecule has 0 aliphatic heterocycles. The second kappa shape index (κ2) is 6.23. The second-order valence-electron chi connectivity index (χ2n) is 6.69. The molecule has 1 N–H and O–H groups in total. The van der Waals surface area contributed by atoms with Crippen LogP contribution >= 0.6 is 0 Å². The monoisotopic (exact) mass is 325 g/mol. The van der Waals surface area contributed by atoms with Crippen molar-refractivity contribution in [3.8, 4) is 0 Å². The van der Waals surface area contributed by atoms with E-state index >= 15 is 0 Å². The van der Waals surface area contributed by atoms with Gasteiger partial charge in [0.15, 0.2) is 0 Å². The van der Waals surface area contributed by atoms with Gasteiger partial charge in [-0.2, -0.15) is 5.10 Å². The van der Waals surface area contributed by atoms with Gasteiger partial charge in [-0.25, -0.2) is 4.68 Å². The zero-order valence-corrected chi connectivity index (χ0v) is 14.6. The quantitative estimate of drug-likeness (QED) is 0.944. The van der Waals surface area contributed by atoms with Gasteiger partial charge in [-0.3, -0.25) is 9.59 Å². The number of carbonyl (C=O) groups is 1. The number of rotatable bonds is 3. The molecule has 1 aliphatic rings. The topological polar surface area (TPSA) is 64.0 Å². The molecule has 1 amide bonds. The number of nitrogens with zero attached hydrogens (tertiary/aromatic N) is 2. The molecule has 1 atom stereocenters. The van der Waals surface area contributed by atoms with Gasteiger partial charge in [0.2, 0.25) is 5.91 Å². The second-order valence-corrected chi connectivity index (χ2v) is 6.69. The molecule has 0 saturated carbocycles. The fourth-order valence-corrected chi connectivity index (χ4v) is 3.41. The number of anilines is 1. The maximum atomic E-state index is 12.6. The zero-order valence-electron chi connectivity index (χ0n) is 14.6. The predicted molar refractivity (Wildman–Crippen MR) is 94.5 cm³/mol. The summed E-state index contributed by atoms with van der Waals surface area (Å²) in [5, 5.41) is 7.38. The Morgan fingerprint density at radius 1 is 1.17 bits per heavy atom. The molecule has 1 aromatic heterocycles. The van der Waals surface area contributed by atoms with E-state index in [0.717, 1.165) is 52.9 Å². The minimum atomic E-state index is -0.650. The standard InChI is InChI=1S/C19H23N3O2/c1-11-8-12(2)18(13(3)9-11)20-19(24)14(4)22-17(23)10-15-6-5-7-16(15)21-22/h8-10,14H,5-7H2,1-4H3,(H,20,24). The van der Waals surface area contributed by atoms with Crippen LogP contribution in [0.1, 0.15) is 47.3 Å². The van der Waals surface area contributed by atoms with Crippen LogP contribution < -0.4 is 10.9 Å². The van der Waals surface area contributed by atoms with E-state index in [1.54, 1.807) is 13.0 Å².